The van der Waals surface area contributed by atoms with Crippen molar-refractivity contribution in [1.82, 2.24) is 4.57 Å². The zero-order valence-corrected chi connectivity index (χ0v) is 13.3. The summed E-state index contributed by atoms with van der Waals surface area (Å²) in [5.41, 5.74) is 5.72. The quantitative estimate of drug-likeness (QED) is 0.496. The van der Waals surface area contributed by atoms with Crippen molar-refractivity contribution in [2.75, 3.05) is 0 Å². The Kier molecular flexibility index (Phi) is 3.31. The van der Waals surface area contributed by atoms with E-state index in [-0.39, 0.29) is 10.6 Å². The molecule has 1 aliphatic heterocycles. The number of nitro benzene ring substituents is 1. The third kappa shape index (κ3) is 2.33. The van der Waals surface area contributed by atoms with Crippen molar-refractivity contribution < 1.29 is 4.92 Å². The van der Waals surface area contributed by atoms with Gasteiger partial charge in [0.2, 0.25) is 0 Å². The lowest BCUT2D eigenvalue weighted by Gasteiger charge is -2.10. The van der Waals surface area contributed by atoms with Crippen LogP contribution in [0.2, 0.25) is 0 Å². The van der Waals surface area contributed by atoms with Gasteiger partial charge in [-0.05, 0) is 42.8 Å². The molecule has 0 N–H and O–H groups in total. The molecular formula is C20H16N2O2. The average molecular weight is 316 g/mol. The van der Waals surface area contributed by atoms with Crippen LogP contribution in [0, 0.1) is 10.1 Å². The second kappa shape index (κ2) is 5.49. The van der Waals surface area contributed by atoms with Crippen LogP contribution in [0.1, 0.15) is 18.2 Å². The fraction of sp³-hybridized carbons (Fsp3) is 0.100. The van der Waals surface area contributed by atoms with Gasteiger partial charge in [0.25, 0.3) is 5.69 Å². The lowest BCUT2D eigenvalue weighted by molar-refractivity contribution is -0.384. The van der Waals surface area contributed by atoms with Crippen LogP contribution in [0.25, 0.3) is 16.5 Å². The van der Waals surface area contributed by atoms with E-state index in [1.807, 2.05) is 24.3 Å². The van der Waals surface area contributed by atoms with Crippen molar-refractivity contribution >= 4 is 22.2 Å². The fourth-order valence-electron chi connectivity index (χ4n) is 3.22. The maximum Gasteiger partial charge on any atom is 0.269 e. The van der Waals surface area contributed by atoms with E-state index < -0.39 is 0 Å². The first-order chi connectivity index (χ1) is 11.6. The van der Waals surface area contributed by atoms with Crippen LogP contribution >= 0.6 is 0 Å². The van der Waals surface area contributed by atoms with Crippen molar-refractivity contribution in [2.24, 2.45) is 0 Å². The van der Waals surface area contributed by atoms with Crippen LogP contribution in [0.15, 0.2) is 72.3 Å². The Morgan fingerprint density at radius 1 is 1.08 bits per heavy atom. The van der Waals surface area contributed by atoms with Crippen molar-refractivity contribution in [3.8, 4) is 0 Å². The first kappa shape index (κ1) is 14.5. The molecule has 0 saturated heterocycles. The Hall–Kier alpha value is -3.14. The fourth-order valence-corrected chi connectivity index (χ4v) is 3.22. The summed E-state index contributed by atoms with van der Waals surface area (Å²) in [5, 5.41) is 12.1. The standard InChI is InChI=1S/C20H16N2O2/c1-14-10-11-21-19-5-3-2-4-16(19)13-20(21)18(12-14)15-6-8-17(9-7-15)22(23)24/h2-10,12-13H,11H2,1H3. The third-order valence-corrected chi connectivity index (χ3v) is 4.44. The first-order valence-corrected chi connectivity index (χ1v) is 7.85. The number of fused-ring (bicyclic) bond motifs is 3. The molecule has 4 rings (SSSR count). The van der Waals surface area contributed by atoms with Crippen molar-refractivity contribution in [1.29, 1.82) is 0 Å². The number of nitrogens with zero attached hydrogens (tertiary/aromatic N) is 2. The van der Waals surface area contributed by atoms with E-state index in [1.165, 1.54) is 16.5 Å². The monoisotopic (exact) mass is 316 g/mol. The highest BCUT2D eigenvalue weighted by Gasteiger charge is 2.16. The Morgan fingerprint density at radius 3 is 2.58 bits per heavy atom. The minimum Gasteiger partial charge on any atom is -0.337 e. The summed E-state index contributed by atoms with van der Waals surface area (Å²) < 4.78 is 2.29. The molecular weight excluding hydrogens is 300 g/mol. The number of para-hydroxylation sites is 1. The van der Waals surface area contributed by atoms with Crippen molar-refractivity contribution in [3.63, 3.8) is 0 Å². The zero-order valence-electron chi connectivity index (χ0n) is 13.3. The van der Waals surface area contributed by atoms with Crippen molar-refractivity contribution in [2.45, 2.75) is 13.5 Å². The highest BCUT2D eigenvalue weighted by Crippen LogP contribution is 2.33. The minimum atomic E-state index is -0.368. The number of hydrogen-bond donors (Lipinski definition) is 0. The second-order valence-corrected chi connectivity index (χ2v) is 6.01. The van der Waals surface area contributed by atoms with Crippen LogP contribution in [-0.2, 0) is 6.54 Å². The highest BCUT2D eigenvalue weighted by molar-refractivity contribution is 5.90. The van der Waals surface area contributed by atoms with Gasteiger partial charge in [0, 0.05) is 40.8 Å². The van der Waals surface area contributed by atoms with Gasteiger partial charge in [-0.1, -0.05) is 29.8 Å². The third-order valence-electron chi connectivity index (χ3n) is 4.44. The number of nitro groups is 1. The maximum absolute atomic E-state index is 10.9. The Morgan fingerprint density at radius 2 is 1.83 bits per heavy atom. The highest BCUT2D eigenvalue weighted by atomic mass is 16.6. The largest absolute Gasteiger partial charge is 0.337 e. The Bertz CT molecular complexity index is 1010. The van der Waals surface area contributed by atoms with Gasteiger partial charge in [0.1, 0.15) is 0 Å². The molecule has 0 radical (unpaired) electrons. The molecule has 0 fully saturated rings. The molecule has 0 atom stereocenters. The second-order valence-electron chi connectivity index (χ2n) is 6.01. The lowest BCUT2D eigenvalue weighted by Crippen LogP contribution is -2.00. The molecule has 1 aliphatic rings. The van der Waals surface area contributed by atoms with E-state index in [0.29, 0.717) is 0 Å². The van der Waals surface area contributed by atoms with E-state index in [2.05, 4.69) is 41.8 Å². The summed E-state index contributed by atoms with van der Waals surface area (Å²) in [7, 11) is 0. The minimum absolute atomic E-state index is 0.112. The van der Waals surface area contributed by atoms with Gasteiger partial charge < -0.3 is 4.57 Å². The molecule has 24 heavy (non-hydrogen) atoms. The summed E-state index contributed by atoms with van der Waals surface area (Å²) in [6.45, 7) is 2.90. The first-order valence-electron chi connectivity index (χ1n) is 7.85. The van der Waals surface area contributed by atoms with Crippen LogP contribution in [0.4, 0.5) is 5.69 Å². The number of hydrogen-bond acceptors (Lipinski definition) is 2. The van der Waals surface area contributed by atoms with Gasteiger partial charge in [-0.25, -0.2) is 0 Å². The number of rotatable bonds is 2. The van der Waals surface area contributed by atoms with Gasteiger partial charge in [-0.15, -0.1) is 0 Å². The van der Waals surface area contributed by atoms with Crippen LogP contribution in [0.3, 0.4) is 0 Å². The SMILES string of the molecule is CC1=CCn2c(cc3ccccc32)C(c2ccc([N+](=O)[O-])cc2)=C1. The van der Waals surface area contributed by atoms with Crippen LogP contribution in [0.5, 0.6) is 0 Å². The molecule has 0 saturated carbocycles. The molecule has 118 valence electrons. The molecule has 0 unspecified atom stereocenters. The molecule has 1 aromatic heterocycles. The van der Waals surface area contributed by atoms with Gasteiger partial charge in [0.15, 0.2) is 0 Å². The van der Waals surface area contributed by atoms with E-state index in [0.717, 1.165) is 23.4 Å². The summed E-state index contributed by atoms with van der Waals surface area (Å²) >= 11 is 0. The van der Waals surface area contributed by atoms with E-state index in [9.17, 15) is 10.1 Å². The average Bonchev–Trinajstić information content (AvgIpc) is 2.88. The molecule has 4 heteroatoms. The number of non-ortho nitro benzene ring substituents is 1. The summed E-state index contributed by atoms with van der Waals surface area (Å²) in [5.74, 6) is 0. The zero-order chi connectivity index (χ0) is 16.7. The number of aromatic nitrogens is 1. The van der Waals surface area contributed by atoms with Gasteiger partial charge >= 0.3 is 0 Å². The summed E-state index contributed by atoms with van der Waals surface area (Å²) in [4.78, 5) is 10.5. The molecule has 0 amide bonds. The molecule has 0 spiro atoms. The molecule has 0 bridgehead atoms. The Labute approximate surface area is 139 Å². The maximum atomic E-state index is 10.9. The lowest BCUT2D eigenvalue weighted by atomic mass is 10.00. The summed E-state index contributed by atoms with van der Waals surface area (Å²) in [6.07, 6.45) is 4.35. The van der Waals surface area contributed by atoms with Gasteiger partial charge in [-0.2, -0.15) is 0 Å². The topological polar surface area (TPSA) is 48.1 Å². The molecule has 3 aromatic rings. The number of allylic oxidation sites excluding steroid dienone is 3. The predicted molar refractivity (Wildman–Crippen MR) is 95.9 cm³/mol. The Balaban J connectivity index is 1.91. The van der Waals surface area contributed by atoms with E-state index >= 15 is 0 Å². The summed E-state index contributed by atoms with van der Waals surface area (Å²) in [6, 6.07) is 17.3. The number of benzene rings is 2. The van der Waals surface area contributed by atoms with Crippen LogP contribution in [-0.4, -0.2) is 9.49 Å². The normalized spacial score (nSPS) is 13.9. The smallest absolute Gasteiger partial charge is 0.269 e. The van der Waals surface area contributed by atoms with E-state index in [4.69, 9.17) is 0 Å². The van der Waals surface area contributed by atoms with E-state index in [1.54, 1.807) is 12.1 Å². The van der Waals surface area contributed by atoms with Crippen LogP contribution < -0.4 is 0 Å². The molecule has 2 aromatic carbocycles. The predicted octanol–water partition coefficient (Wildman–Crippen LogP) is 4.94. The molecule has 2 heterocycles. The van der Waals surface area contributed by atoms with Gasteiger partial charge in [-0.3, -0.25) is 10.1 Å². The van der Waals surface area contributed by atoms with Gasteiger partial charge in [0.05, 0.1) is 4.92 Å². The van der Waals surface area contributed by atoms with Crippen molar-refractivity contribution in [3.05, 3.63) is 93.7 Å². The molecule has 0 aliphatic carbocycles. The molecule has 4 nitrogen and oxygen atoms in total.